The van der Waals surface area contributed by atoms with E-state index in [1.807, 2.05) is 39.1 Å². The number of carbonyl (C=O) groups is 1. The number of hydrogen-bond donors (Lipinski definition) is 1. The standard InChI is InChI=1S/C23H29N7O3/c1-4-16-11-21(26-13-25-16)32-12-19-22(28-29-30(19)3)18-8-9-20(14(2)27-18)33-17-7-5-6-15(10-17)23(24)31/h8-9,11,13,15,17H,4-7,10,12H2,1-3H3,(H2,24,31)/t15-,17-/m0/s1. The van der Waals surface area contributed by atoms with Crippen LogP contribution >= 0.6 is 0 Å². The van der Waals surface area contributed by atoms with Crippen LogP contribution in [0, 0.1) is 12.8 Å². The molecule has 1 saturated carbocycles. The number of rotatable bonds is 8. The van der Waals surface area contributed by atoms with Crippen molar-refractivity contribution in [1.29, 1.82) is 0 Å². The van der Waals surface area contributed by atoms with E-state index in [1.165, 1.54) is 6.33 Å². The highest BCUT2D eigenvalue weighted by Gasteiger charge is 2.27. The third kappa shape index (κ3) is 5.27. The summed E-state index contributed by atoms with van der Waals surface area (Å²) in [6.07, 6.45) is 5.57. The molecule has 1 amide bonds. The van der Waals surface area contributed by atoms with Gasteiger partial charge in [0.1, 0.15) is 30.1 Å². The van der Waals surface area contributed by atoms with E-state index >= 15 is 0 Å². The molecule has 174 valence electrons. The molecule has 0 aliphatic heterocycles. The topological polar surface area (TPSA) is 131 Å². The van der Waals surface area contributed by atoms with Crippen molar-refractivity contribution in [3.05, 3.63) is 41.6 Å². The molecule has 3 aromatic heterocycles. The van der Waals surface area contributed by atoms with Gasteiger partial charge >= 0.3 is 0 Å². The lowest BCUT2D eigenvalue weighted by Gasteiger charge is -2.28. The molecule has 0 saturated heterocycles. The molecular formula is C23H29N7O3. The van der Waals surface area contributed by atoms with Crippen molar-refractivity contribution in [1.82, 2.24) is 29.9 Å². The molecular weight excluding hydrogens is 422 g/mol. The number of nitrogens with zero attached hydrogens (tertiary/aromatic N) is 6. The monoisotopic (exact) mass is 451 g/mol. The van der Waals surface area contributed by atoms with Crippen LogP contribution in [-0.4, -0.2) is 42.0 Å². The van der Waals surface area contributed by atoms with Crippen molar-refractivity contribution in [2.45, 2.75) is 58.7 Å². The summed E-state index contributed by atoms with van der Waals surface area (Å²) in [6.45, 7) is 4.17. The Morgan fingerprint density at radius 3 is 2.88 bits per heavy atom. The summed E-state index contributed by atoms with van der Waals surface area (Å²) < 4.78 is 13.7. The molecule has 1 fully saturated rings. The molecule has 2 N–H and O–H groups in total. The van der Waals surface area contributed by atoms with Gasteiger partial charge in [0.15, 0.2) is 0 Å². The number of hydrogen-bond acceptors (Lipinski definition) is 8. The first-order valence-electron chi connectivity index (χ1n) is 11.2. The third-order valence-corrected chi connectivity index (χ3v) is 5.96. The smallest absolute Gasteiger partial charge is 0.220 e. The second-order valence-electron chi connectivity index (χ2n) is 8.28. The zero-order valence-corrected chi connectivity index (χ0v) is 19.2. The van der Waals surface area contributed by atoms with Crippen LogP contribution in [0.25, 0.3) is 11.4 Å². The quantitative estimate of drug-likeness (QED) is 0.553. The molecule has 0 radical (unpaired) electrons. The van der Waals surface area contributed by atoms with Crippen LogP contribution in [0.1, 0.15) is 49.7 Å². The van der Waals surface area contributed by atoms with Crippen molar-refractivity contribution in [3.63, 3.8) is 0 Å². The fraction of sp³-hybridized carbons (Fsp3) is 0.478. The van der Waals surface area contributed by atoms with Crippen molar-refractivity contribution >= 4 is 5.91 Å². The number of ether oxygens (including phenoxy) is 2. The van der Waals surface area contributed by atoms with E-state index in [9.17, 15) is 4.79 Å². The van der Waals surface area contributed by atoms with Crippen LogP contribution in [-0.2, 0) is 24.9 Å². The molecule has 3 heterocycles. The Labute approximate surface area is 192 Å². The molecule has 33 heavy (non-hydrogen) atoms. The summed E-state index contributed by atoms with van der Waals surface area (Å²) in [5.41, 5.74) is 9.25. The Kier molecular flexibility index (Phi) is 6.81. The normalized spacial score (nSPS) is 18.2. The largest absolute Gasteiger partial charge is 0.489 e. The highest BCUT2D eigenvalue weighted by atomic mass is 16.5. The lowest BCUT2D eigenvalue weighted by atomic mass is 9.87. The fourth-order valence-electron chi connectivity index (χ4n) is 4.02. The van der Waals surface area contributed by atoms with Crippen LogP contribution in [0.5, 0.6) is 11.6 Å². The summed E-state index contributed by atoms with van der Waals surface area (Å²) >= 11 is 0. The van der Waals surface area contributed by atoms with E-state index in [-0.39, 0.29) is 24.5 Å². The summed E-state index contributed by atoms with van der Waals surface area (Å²) in [4.78, 5) is 24.6. The fourth-order valence-corrected chi connectivity index (χ4v) is 4.02. The van der Waals surface area contributed by atoms with Gasteiger partial charge in [0, 0.05) is 24.7 Å². The second kappa shape index (κ2) is 9.93. The number of carbonyl (C=O) groups excluding carboxylic acids is 1. The summed E-state index contributed by atoms with van der Waals surface area (Å²) in [5, 5.41) is 8.44. The van der Waals surface area contributed by atoms with Crippen molar-refractivity contribution in [2.75, 3.05) is 0 Å². The van der Waals surface area contributed by atoms with Crippen molar-refractivity contribution in [3.8, 4) is 23.0 Å². The van der Waals surface area contributed by atoms with Gasteiger partial charge in [-0.05, 0) is 51.2 Å². The predicted molar refractivity (Wildman–Crippen MR) is 120 cm³/mol. The Bertz CT molecular complexity index is 1130. The average Bonchev–Trinajstić information content (AvgIpc) is 3.19. The van der Waals surface area contributed by atoms with E-state index < -0.39 is 0 Å². The number of aromatic nitrogens is 6. The van der Waals surface area contributed by atoms with Crippen LogP contribution in [0.2, 0.25) is 0 Å². The Morgan fingerprint density at radius 1 is 1.27 bits per heavy atom. The number of aryl methyl sites for hydroxylation is 3. The minimum atomic E-state index is -0.251. The maximum atomic E-state index is 11.6. The highest BCUT2D eigenvalue weighted by molar-refractivity contribution is 5.76. The maximum Gasteiger partial charge on any atom is 0.220 e. The van der Waals surface area contributed by atoms with Crippen molar-refractivity contribution < 1.29 is 14.3 Å². The molecule has 0 spiro atoms. The second-order valence-corrected chi connectivity index (χ2v) is 8.28. The molecule has 0 aromatic carbocycles. The van der Waals surface area contributed by atoms with Gasteiger partial charge < -0.3 is 15.2 Å². The van der Waals surface area contributed by atoms with Crippen LogP contribution in [0.15, 0.2) is 24.5 Å². The predicted octanol–water partition coefficient (Wildman–Crippen LogP) is 2.54. The molecule has 0 unspecified atom stereocenters. The SMILES string of the molecule is CCc1cc(OCc2c(-c3ccc(O[C@H]4CCC[C@H](C(N)=O)C4)c(C)n3)nnn2C)ncn1. The molecule has 1 aliphatic rings. The summed E-state index contributed by atoms with van der Waals surface area (Å²) in [7, 11) is 1.81. The number of primary amides is 1. The number of nitrogens with two attached hydrogens (primary N) is 1. The van der Waals surface area contributed by atoms with Gasteiger partial charge in [-0.25, -0.2) is 19.6 Å². The third-order valence-electron chi connectivity index (χ3n) is 5.96. The summed E-state index contributed by atoms with van der Waals surface area (Å²) in [5.74, 6) is 0.827. The Hall–Kier alpha value is -3.56. The highest BCUT2D eigenvalue weighted by Crippen LogP contribution is 2.30. The molecule has 3 aromatic rings. The minimum absolute atomic E-state index is 0.0380. The first-order chi connectivity index (χ1) is 15.9. The minimum Gasteiger partial charge on any atom is -0.489 e. The van der Waals surface area contributed by atoms with Gasteiger partial charge in [-0.2, -0.15) is 0 Å². The van der Waals surface area contributed by atoms with Gasteiger partial charge in [-0.15, -0.1) is 5.10 Å². The van der Waals surface area contributed by atoms with Gasteiger partial charge in [-0.1, -0.05) is 12.1 Å². The molecule has 1 aliphatic carbocycles. The van der Waals surface area contributed by atoms with Gasteiger partial charge in [-0.3, -0.25) is 4.79 Å². The van der Waals surface area contributed by atoms with Crippen molar-refractivity contribution in [2.24, 2.45) is 18.7 Å². The van der Waals surface area contributed by atoms with Crippen LogP contribution in [0.3, 0.4) is 0 Å². The molecule has 0 bridgehead atoms. The zero-order valence-electron chi connectivity index (χ0n) is 19.2. The molecule has 4 rings (SSSR count). The first-order valence-corrected chi connectivity index (χ1v) is 11.2. The first kappa shape index (κ1) is 22.6. The van der Waals surface area contributed by atoms with E-state index in [1.54, 1.807) is 4.68 Å². The van der Waals surface area contributed by atoms with E-state index in [4.69, 9.17) is 20.2 Å². The van der Waals surface area contributed by atoms with E-state index in [0.29, 0.717) is 29.4 Å². The lowest BCUT2D eigenvalue weighted by molar-refractivity contribution is -0.123. The number of pyridine rings is 1. The molecule has 10 nitrogen and oxygen atoms in total. The lowest BCUT2D eigenvalue weighted by Crippen LogP contribution is -2.33. The van der Waals surface area contributed by atoms with Gasteiger partial charge in [0.05, 0.1) is 17.5 Å². The Balaban J connectivity index is 1.48. The maximum absolute atomic E-state index is 11.6. The van der Waals surface area contributed by atoms with E-state index in [0.717, 1.165) is 42.8 Å². The zero-order chi connectivity index (χ0) is 23.4. The van der Waals surface area contributed by atoms with Crippen LogP contribution in [0.4, 0.5) is 0 Å². The molecule has 10 heteroatoms. The van der Waals surface area contributed by atoms with E-state index in [2.05, 4.69) is 20.3 Å². The van der Waals surface area contributed by atoms with Gasteiger partial charge in [0.2, 0.25) is 11.8 Å². The van der Waals surface area contributed by atoms with Gasteiger partial charge in [0.25, 0.3) is 0 Å². The average molecular weight is 452 g/mol. The molecule has 2 atom stereocenters. The number of amides is 1. The summed E-state index contributed by atoms with van der Waals surface area (Å²) in [6, 6.07) is 5.58. The Morgan fingerprint density at radius 2 is 2.12 bits per heavy atom. The van der Waals surface area contributed by atoms with Crippen LogP contribution < -0.4 is 15.2 Å².